The van der Waals surface area contributed by atoms with Gasteiger partial charge < -0.3 is 0 Å². The maximum absolute atomic E-state index is 10.8. The molecule has 0 aromatic carbocycles. The lowest BCUT2D eigenvalue weighted by Gasteiger charge is -1.90. The molecule has 56 valence electrons. The predicted molar refractivity (Wildman–Crippen MR) is 42.4 cm³/mol. The van der Waals surface area contributed by atoms with E-state index in [4.69, 9.17) is 11.6 Å². The monoisotopic (exact) mass is 196 g/mol. The molecule has 0 spiro atoms. The lowest BCUT2D eigenvalue weighted by Crippen LogP contribution is -1.94. The predicted octanol–water partition coefficient (Wildman–Crippen LogP) is 1.81. The number of rotatable bonds is 1. The van der Waals surface area contributed by atoms with Crippen LogP contribution in [-0.2, 0) is 9.84 Å². The van der Waals surface area contributed by atoms with Crippen molar-refractivity contribution in [2.75, 3.05) is 6.26 Å². The van der Waals surface area contributed by atoms with Gasteiger partial charge in [-0.2, -0.15) is 0 Å². The van der Waals surface area contributed by atoms with Crippen molar-refractivity contribution in [2.45, 2.75) is 4.90 Å². The van der Waals surface area contributed by atoms with E-state index < -0.39 is 9.84 Å². The Kier molecular flexibility index (Phi) is 2.03. The maximum Gasteiger partial charge on any atom is 0.177 e. The fourth-order valence-corrected chi connectivity index (χ4v) is 3.15. The topological polar surface area (TPSA) is 34.1 Å². The van der Waals surface area contributed by atoms with E-state index in [1.165, 1.54) is 16.7 Å². The third-order valence-electron chi connectivity index (χ3n) is 0.981. The molecule has 1 heterocycles. The highest BCUT2D eigenvalue weighted by Gasteiger charge is 2.11. The Morgan fingerprint density at radius 1 is 1.50 bits per heavy atom. The molecule has 0 atom stereocenters. The highest BCUT2D eigenvalue weighted by molar-refractivity contribution is 7.91. The first-order valence-electron chi connectivity index (χ1n) is 2.43. The Hall–Kier alpha value is -0.0600. The fraction of sp³-hybridized carbons (Fsp3) is 0.200. The minimum Gasteiger partial charge on any atom is -0.224 e. The van der Waals surface area contributed by atoms with Crippen LogP contribution in [0.4, 0.5) is 0 Å². The van der Waals surface area contributed by atoms with Gasteiger partial charge in [0.1, 0.15) is 0 Å². The van der Waals surface area contributed by atoms with Gasteiger partial charge in [-0.1, -0.05) is 11.6 Å². The maximum atomic E-state index is 10.8. The van der Waals surface area contributed by atoms with Gasteiger partial charge in [0.2, 0.25) is 0 Å². The van der Waals surface area contributed by atoms with Crippen molar-refractivity contribution >= 4 is 32.8 Å². The lowest BCUT2D eigenvalue weighted by molar-refractivity contribution is 0.602. The van der Waals surface area contributed by atoms with Gasteiger partial charge in [0.25, 0.3) is 0 Å². The van der Waals surface area contributed by atoms with E-state index in [0.717, 1.165) is 6.26 Å². The summed E-state index contributed by atoms with van der Waals surface area (Å²) in [6, 6.07) is 0. The van der Waals surface area contributed by atoms with Crippen molar-refractivity contribution in [3.05, 3.63) is 15.8 Å². The Morgan fingerprint density at radius 2 is 2.10 bits per heavy atom. The molecule has 0 aliphatic heterocycles. The molecule has 0 N–H and O–H groups in total. The van der Waals surface area contributed by atoms with Crippen molar-refractivity contribution < 1.29 is 8.42 Å². The molecule has 1 aromatic heterocycles. The zero-order valence-corrected chi connectivity index (χ0v) is 7.55. The summed E-state index contributed by atoms with van der Waals surface area (Å²) in [4.78, 5) is 0.221. The summed E-state index contributed by atoms with van der Waals surface area (Å²) in [6.07, 6.45) is 1.14. The number of halogens is 1. The molecule has 0 aliphatic carbocycles. The second-order valence-corrected chi connectivity index (χ2v) is 4.99. The molecule has 1 rings (SSSR count). The van der Waals surface area contributed by atoms with E-state index in [0.29, 0.717) is 5.02 Å². The molecule has 0 saturated heterocycles. The average Bonchev–Trinajstić information content (AvgIpc) is 2.11. The van der Waals surface area contributed by atoms with E-state index in [1.54, 1.807) is 5.38 Å². The smallest absolute Gasteiger partial charge is 0.177 e. The molecule has 0 saturated carbocycles. The average molecular weight is 197 g/mol. The lowest BCUT2D eigenvalue weighted by atomic mass is 10.7. The normalized spacial score (nSPS) is 11.8. The Bertz CT molecular complexity index is 325. The summed E-state index contributed by atoms with van der Waals surface area (Å²) in [5, 5.41) is 3.43. The summed E-state index contributed by atoms with van der Waals surface area (Å²) in [6.45, 7) is 0. The van der Waals surface area contributed by atoms with Crippen LogP contribution in [0.1, 0.15) is 0 Å². The zero-order chi connectivity index (χ0) is 7.78. The molecule has 0 radical (unpaired) electrons. The fourth-order valence-electron chi connectivity index (χ4n) is 0.534. The molecule has 2 nitrogen and oxygen atoms in total. The number of hydrogen-bond donors (Lipinski definition) is 0. The molecule has 0 aliphatic rings. The van der Waals surface area contributed by atoms with Crippen LogP contribution in [0, 0.1) is 0 Å². The number of sulfone groups is 1. The van der Waals surface area contributed by atoms with Gasteiger partial charge in [0.15, 0.2) is 9.84 Å². The first-order valence-corrected chi connectivity index (χ1v) is 5.65. The quantitative estimate of drug-likeness (QED) is 0.687. The largest absolute Gasteiger partial charge is 0.224 e. The zero-order valence-electron chi connectivity index (χ0n) is 5.17. The van der Waals surface area contributed by atoms with Gasteiger partial charge in [-0.15, -0.1) is 11.3 Å². The van der Waals surface area contributed by atoms with Gasteiger partial charge >= 0.3 is 0 Å². The highest BCUT2D eigenvalue weighted by Crippen LogP contribution is 2.24. The summed E-state index contributed by atoms with van der Waals surface area (Å²) in [5.41, 5.74) is 0. The number of hydrogen-bond acceptors (Lipinski definition) is 3. The van der Waals surface area contributed by atoms with Gasteiger partial charge in [-0.25, -0.2) is 8.42 Å². The van der Waals surface area contributed by atoms with Crippen molar-refractivity contribution in [2.24, 2.45) is 0 Å². The van der Waals surface area contributed by atoms with Crippen molar-refractivity contribution in [3.63, 3.8) is 0 Å². The number of thiophene rings is 1. The summed E-state index contributed by atoms with van der Waals surface area (Å²) >= 11 is 6.84. The SMILES string of the molecule is CS(=O)(=O)c1cscc1Cl. The first kappa shape index (κ1) is 8.04. The van der Waals surface area contributed by atoms with Crippen LogP contribution < -0.4 is 0 Å². The van der Waals surface area contributed by atoms with E-state index >= 15 is 0 Å². The molecule has 10 heavy (non-hydrogen) atoms. The van der Waals surface area contributed by atoms with Crippen molar-refractivity contribution in [3.8, 4) is 0 Å². The van der Waals surface area contributed by atoms with Crippen LogP contribution in [0.15, 0.2) is 15.7 Å². The summed E-state index contributed by atoms with van der Waals surface area (Å²) in [5.74, 6) is 0. The summed E-state index contributed by atoms with van der Waals surface area (Å²) < 4.78 is 21.7. The van der Waals surface area contributed by atoms with Crippen molar-refractivity contribution in [1.29, 1.82) is 0 Å². The molecule has 1 aromatic rings. The van der Waals surface area contributed by atoms with Crippen molar-refractivity contribution in [1.82, 2.24) is 0 Å². The van der Waals surface area contributed by atoms with Crippen LogP contribution in [0.2, 0.25) is 5.02 Å². The van der Waals surface area contributed by atoms with Crippen LogP contribution in [0.5, 0.6) is 0 Å². The molecular formula is C5H5ClO2S2. The standard InChI is InChI=1S/C5H5ClO2S2/c1-10(7,8)5-3-9-2-4(5)6/h2-3H,1H3. The molecule has 0 unspecified atom stereocenters. The van der Waals surface area contributed by atoms with E-state index in [-0.39, 0.29) is 4.90 Å². The Balaban J connectivity index is 3.32. The molecule has 5 heteroatoms. The van der Waals surface area contributed by atoms with E-state index in [2.05, 4.69) is 0 Å². The molecule has 0 bridgehead atoms. The second kappa shape index (κ2) is 2.53. The minimum absolute atomic E-state index is 0.221. The van der Waals surface area contributed by atoms with Gasteiger partial charge in [-0.05, 0) is 0 Å². The van der Waals surface area contributed by atoms with Crippen LogP contribution in [-0.4, -0.2) is 14.7 Å². The third-order valence-corrected chi connectivity index (χ3v) is 3.57. The summed E-state index contributed by atoms with van der Waals surface area (Å²) in [7, 11) is -3.11. The van der Waals surface area contributed by atoms with Gasteiger partial charge in [0.05, 0.1) is 9.92 Å². The minimum atomic E-state index is -3.11. The van der Waals surface area contributed by atoms with Crippen LogP contribution in [0.3, 0.4) is 0 Å². The van der Waals surface area contributed by atoms with Crippen LogP contribution in [0.25, 0.3) is 0 Å². The van der Waals surface area contributed by atoms with E-state index in [9.17, 15) is 8.42 Å². The Morgan fingerprint density at radius 3 is 2.30 bits per heavy atom. The Labute approximate surface area is 68.4 Å². The highest BCUT2D eigenvalue weighted by atomic mass is 35.5. The molecule has 0 fully saturated rings. The third kappa shape index (κ3) is 1.51. The molecular weight excluding hydrogens is 192 g/mol. The molecule has 0 amide bonds. The van der Waals surface area contributed by atoms with E-state index in [1.807, 2.05) is 0 Å². The van der Waals surface area contributed by atoms with Gasteiger partial charge in [0, 0.05) is 17.0 Å². The van der Waals surface area contributed by atoms with Crippen LogP contribution >= 0.6 is 22.9 Å². The second-order valence-electron chi connectivity index (χ2n) is 1.86. The first-order chi connectivity index (χ1) is 4.52. The van der Waals surface area contributed by atoms with Gasteiger partial charge in [-0.3, -0.25) is 0 Å².